The molecule has 1 atom stereocenters. The molecular weight excluding hydrogens is 248 g/mol. The van der Waals surface area contributed by atoms with Crippen LogP contribution >= 0.6 is 0 Å². The lowest BCUT2D eigenvalue weighted by molar-refractivity contribution is -0.131. The van der Waals surface area contributed by atoms with Crippen molar-refractivity contribution in [3.05, 3.63) is 0 Å². The molecule has 0 aliphatic carbocycles. The Kier molecular flexibility index (Phi) is 9.28. The third-order valence-corrected chi connectivity index (χ3v) is 4.09. The summed E-state index contributed by atoms with van der Waals surface area (Å²) in [5.74, 6) is 0.702. The Morgan fingerprint density at radius 1 is 1.28 bits per heavy atom. The topological polar surface area (TPSA) is 72.2 Å². The highest BCUT2D eigenvalue weighted by molar-refractivity contribution is 7.84. The van der Waals surface area contributed by atoms with Crippen LogP contribution in [0.2, 0.25) is 0 Å². The first-order valence-electron chi connectivity index (χ1n) is 6.80. The van der Waals surface area contributed by atoms with Gasteiger partial charge in [0.05, 0.1) is 5.41 Å². The van der Waals surface area contributed by atoms with Crippen LogP contribution in [0, 0.1) is 5.41 Å². The normalized spacial score (nSPS) is 13.3. The molecule has 0 heterocycles. The monoisotopic (exact) mass is 276 g/mol. The second-order valence-electron chi connectivity index (χ2n) is 4.87. The number of hydrogen-bond donors (Lipinski definition) is 2. The van der Waals surface area contributed by atoms with E-state index in [0.29, 0.717) is 18.8 Å². The highest BCUT2D eigenvalue weighted by Gasteiger charge is 2.34. The Morgan fingerprint density at radius 3 is 2.22 bits per heavy atom. The van der Waals surface area contributed by atoms with E-state index in [0.717, 1.165) is 32.1 Å². The van der Waals surface area contributed by atoms with Crippen molar-refractivity contribution < 1.29 is 9.00 Å². The van der Waals surface area contributed by atoms with Crippen molar-refractivity contribution in [3.63, 3.8) is 0 Å². The second kappa shape index (κ2) is 9.50. The lowest BCUT2D eigenvalue weighted by Gasteiger charge is -2.30. The van der Waals surface area contributed by atoms with Crippen LogP contribution in [0.1, 0.15) is 46.0 Å². The summed E-state index contributed by atoms with van der Waals surface area (Å²) in [4.78, 5) is 12.3. The zero-order valence-corrected chi connectivity index (χ0v) is 12.8. The van der Waals surface area contributed by atoms with Crippen LogP contribution in [0.5, 0.6) is 0 Å². The van der Waals surface area contributed by atoms with E-state index < -0.39 is 16.2 Å². The van der Waals surface area contributed by atoms with Crippen molar-refractivity contribution in [2.75, 3.05) is 25.1 Å². The Bertz CT molecular complexity index is 264. The molecule has 108 valence electrons. The Balaban J connectivity index is 4.32. The van der Waals surface area contributed by atoms with E-state index in [1.54, 1.807) is 6.26 Å². The van der Waals surface area contributed by atoms with E-state index in [1.807, 2.05) is 0 Å². The van der Waals surface area contributed by atoms with Crippen LogP contribution in [-0.2, 0) is 15.6 Å². The number of carbonyl (C=O) groups is 1. The summed E-state index contributed by atoms with van der Waals surface area (Å²) in [5, 5.41) is 2.95. The average molecular weight is 276 g/mol. The molecule has 5 heteroatoms. The van der Waals surface area contributed by atoms with Gasteiger partial charge in [-0.25, -0.2) is 0 Å². The minimum absolute atomic E-state index is 0.0654. The predicted octanol–water partition coefficient (Wildman–Crippen LogP) is 1.42. The van der Waals surface area contributed by atoms with Crippen molar-refractivity contribution in [1.29, 1.82) is 0 Å². The fraction of sp³-hybridized carbons (Fsp3) is 0.923. The van der Waals surface area contributed by atoms with Gasteiger partial charge in [-0.1, -0.05) is 26.7 Å². The van der Waals surface area contributed by atoms with Crippen molar-refractivity contribution in [2.24, 2.45) is 11.1 Å². The summed E-state index contributed by atoms with van der Waals surface area (Å²) in [6.07, 6.45) is 6.03. The molecule has 0 aromatic rings. The summed E-state index contributed by atoms with van der Waals surface area (Å²) in [6, 6.07) is 0. The summed E-state index contributed by atoms with van der Waals surface area (Å²) in [6.45, 7) is 5.15. The van der Waals surface area contributed by atoms with Crippen LogP contribution in [0.15, 0.2) is 0 Å². The molecule has 0 aromatic heterocycles. The Morgan fingerprint density at radius 2 is 1.83 bits per heavy atom. The molecule has 0 bridgehead atoms. The van der Waals surface area contributed by atoms with Crippen LogP contribution < -0.4 is 11.1 Å². The Hall–Kier alpha value is -0.420. The van der Waals surface area contributed by atoms with E-state index in [9.17, 15) is 9.00 Å². The molecule has 0 aromatic carbocycles. The van der Waals surface area contributed by atoms with Crippen molar-refractivity contribution in [3.8, 4) is 0 Å². The zero-order chi connectivity index (χ0) is 14.0. The third-order valence-electron chi connectivity index (χ3n) is 3.22. The predicted molar refractivity (Wildman–Crippen MR) is 77.9 cm³/mol. The SMILES string of the molecule is CCCC(CN)(CCC)C(=O)NCCCS(C)=O. The van der Waals surface area contributed by atoms with Gasteiger partial charge in [-0.05, 0) is 19.3 Å². The van der Waals surface area contributed by atoms with Gasteiger partial charge >= 0.3 is 0 Å². The van der Waals surface area contributed by atoms with Gasteiger partial charge in [0.2, 0.25) is 5.91 Å². The summed E-state index contributed by atoms with van der Waals surface area (Å²) in [7, 11) is -0.786. The molecule has 0 aliphatic rings. The second-order valence-corrected chi connectivity index (χ2v) is 6.43. The summed E-state index contributed by atoms with van der Waals surface area (Å²) in [5.41, 5.74) is 5.42. The number of nitrogens with one attached hydrogen (secondary N) is 1. The molecule has 0 saturated heterocycles. The molecule has 0 spiro atoms. The zero-order valence-electron chi connectivity index (χ0n) is 12.0. The van der Waals surface area contributed by atoms with Gasteiger partial charge in [-0.3, -0.25) is 9.00 Å². The molecule has 18 heavy (non-hydrogen) atoms. The number of carbonyl (C=O) groups excluding carboxylic acids is 1. The molecule has 4 nitrogen and oxygen atoms in total. The molecule has 3 N–H and O–H groups in total. The quantitative estimate of drug-likeness (QED) is 0.593. The van der Waals surface area contributed by atoms with Gasteiger partial charge in [0.25, 0.3) is 0 Å². The lowest BCUT2D eigenvalue weighted by atomic mass is 9.78. The van der Waals surface area contributed by atoms with E-state index in [4.69, 9.17) is 5.73 Å². The fourth-order valence-corrected chi connectivity index (χ4v) is 2.82. The molecule has 0 radical (unpaired) electrons. The third kappa shape index (κ3) is 5.96. The highest BCUT2D eigenvalue weighted by Crippen LogP contribution is 2.28. The maximum atomic E-state index is 12.3. The van der Waals surface area contributed by atoms with Crippen LogP contribution in [-0.4, -0.2) is 35.2 Å². The average Bonchev–Trinajstić information content (AvgIpc) is 2.33. The smallest absolute Gasteiger partial charge is 0.227 e. The van der Waals surface area contributed by atoms with E-state index >= 15 is 0 Å². The molecule has 0 saturated carbocycles. The van der Waals surface area contributed by atoms with Crippen LogP contribution in [0.4, 0.5) is 0 Å². The first-order valence-corrected chi connectivity index (χ1v) is 8.53. The largest absolute Gasteiger partial charge is 0.356 e. The van der Waals surface area contributed by atoms with Gasteiger partial charge < -0.3 is 11.1 Å². The van der Waals surface area contributed by atoms with Crippen molar-refractivity contribution in [2.45, 2.75) is 46.0 Å². The van der Waals surface area contributed by atoms with E-state index in [-0.39, 0.29) is 5.91 Å². The molecule has 1 amide bonds. The first-order chi connectivity index (χ1) is 8.52. The molecule has 0 fully saturated rings. The fourth-order valence-electron chi connectivity index (χ4n) is 2.27. The van der Waals surface area contributed by atoms with Crippen molar-refractivity contribution >= 4 is 16.7 Å². The number of hydrogen-bond acceptors (Lipinski definition) is 3. The summed E-state index contributed by atoms with van der Waals surface area (Å²) < 4.78 is 10.9. The molecule has 0 rings (SSSR count). The molecule has 1 unspecified atom stereocenters. The summed E-state index contributed by atoms with van der Waals surface area (Å²) >= 11 is 0. The first kappa shape index (κ1) is 17.6. The van der Waals surface area contributed by atoms with Gasteiger partial charge in [0.15, 0.2) is 0 Å². The van der Waals surface area contributed by atoms with Crippen molar-refractivity contribution in [1.82, 2.24) is 5.32 Å². The van der Waals surface area contributed by atoms with E-state index in [1.165, 1.54) is 0 Å². The maximum absolute atomic E-state index is 12.3. The number of rotatable bonds is 10. The minimum atomic E-state index is -0.786. The maximum Gasteiger partial charge on any atom is 0.227 e. The van der Waals surface area contributed by atoms with Crippen LogP contribution in [0.3, 0.4) is 0 Å². The molecular formula is C13H28N2O2S. The Labute approximate surface area is 114 Å². The lowest BCUT2D eigenvalue weighted by Crippen LogP contribution is -2.46. The number of amides is 1. The number of nitrogens with two attached hydrogens (primary N) is 1. The van der Waals surface area contributed by atoms with Gasteiger partial charge in [-0.2, -0.15) is 0 Å². The van der Waals surface area contributed by atoms with E-state index in [2.05, 4.69) is 19.2 Å². The standard InChI is InChI=1S/C13H28N2O2S/c1-4-7-13(11-14,8-5-2)12(16)15-9-6-10-18(3)17/h4-11,14H2,1-3H3,(H,15,16). The molecule has 0 aliphatic heterocycles. The van der Waals surface area contributed by atoms with Gasteiger partial charge in [0.1, 0.15) is 0 Å². The van der Waals surface area contributed by atoms with Gasteiger partial charge in [0, 0.05) is 35.9 Å². The van der Waals surface area contributed by atoms with Crippen LogP contribution in [0.25, 0.3) is 0 Å². The van der Waals surface area contributed by atoms with Gasteiger partial charge in [-0.15, -0.1) is 0 Å². The highest BCUT2D eigenvalue weighted by atomic mass is 32.2. The minimum Gasteiger partial charge on any atom is -0.356 e.